The Morgan fingerprint density at radius 3 is 2.22 bits per heavy atom. The van der Waals surface area contributed by atoms with Crippen molar-refractivity contribution in [1.29, 1.82) is 0 Å². The van der Waals surface area contributed by atoms with Gasteiger partial charge in [0, 0.05) is 11.9 Å². The van der Waals surface area contributed by atoms with Crippen molar-refractivity contribution in [1.82, 2.24) is 14.7 Å². The second kappa shape index (κ2) is 4.73. The summed E-state index contributed by atoms with van der Waals surface area (Å²) in [6.45, 7) is 10.8. The van der Waals surface area contributed by atoms with Crippen LogP contribution in [-0.4, -0.2) is 35.3 Å². The SMILES string of the molecule is Cc1c(C)c(C)c2c(cnn2CCN(C)C)c1C. The van der Waals surface area contributed by atoms with Crippen LogP contribution in [0.1, 0.15) is 22.3 Å². The van der Waals surface area contributed by atoms with Gasteiger partial charge < -0.3 is 4.90 Å². The van der Waals surface area contributed by atoms with Crippen molar-refractivity contribution >= 4 is 10.9 Å². The average Bonchev–Trinajstić information content (AvgIpc) is 2.75. The molecule has 0 amide bonds. The lowest BCUT2D eigenvalue weighted by Crippen LogP contribution is -2.19. The van der Waals surface area contributed by atoms with Crippen LogP contribution in [0.3, 0.4) is 0 Å². The van der Waals surface area contributed by atoms with Crippen LogP contribution in [0.4, 0.5) is 0 Å². The van der Waals surface area contributed by atoms with E-state index in [0.717, 1.165) is 13.1 Å². The second-order valence-electron chi connectivity index (χ2n) is 5.43. The minimum Gasteiger partial charge on any atom is -0.308 e. The van der Waals surface area contributed by atoms with Gasteiger partial charge in [-0.2, -0.15) is 5.10 Å². The van der Waals surface area contributed by atoms with E-state index in [1.807, 2.05) is 6.20 Å². The Bertz CT molecular complexity index is 579. The molecule has 0 aliphatic carbocycles. The van der Waals surface area contributed by atoms with E-state index in [9.17, 15) is 0 Å². The standard InChI is InChI=1S/C15H23N3/c1-10-11(2)13(4)15-14(12(10)3)9-16-18(15)8-7-17(5)6/h9H,7-8H2,1-6H3. The predicted octanol–water partition coefficient (Wildman–Crippen LogP) is 2.83. The van der Waals surface area contributed by atoms with Gasteiger partial charge in [-0.05, 0) is 64.0 Å². The van der Waals surface area contributed by atoms with Crippen molar-refractivity contribution < 1.29 is 0 Å². The van der Waals surface area contributed by atoms with Crippen LogP contribution in [0.25, 0.3) is 10.9 Å². The minimum atomic E-state index is 0.944. The van der Waals surface area contributed by atoms with Crippen molar-refractivity contribution in [3.63, 3.8) is 0 Å². The van der Waals surface area contributed by atoms with Gasteiger partial charge in [0.1, 0.15) is 0 Å². The van der Waals surface area contributed by atoms with Crippen molar-refractivity contribution in [2.24, 2.45) is 0 Å². The van der Waals surface area contributed by atoms with Gasteiger partial charge >= 0.3 is 0 Å². The van der Waals surface area contributed by atoms with E-state index < -0.39 is 0 Å². The number of nitrogens with zero attached hydrogens (tertiary/aromatic N) is 3. The molecule has 0 saturated heterocycles. The summed E-state index contributed by atoms with van der Waals surface area (Å²) in [5.74, 6) is 0. The van der Waals surface area contributed by atoms with Gasteiger partial charge in [-0.15, -0.1) is 0 Å². The van der Waals surface area contributed by atoms with Crippen molar-refractivity contribution in [3.8, 4) is 0 Å². The Morgan fingerprint density at radius 2 is 1.61 bits per heavy atom. The fraction of sp³-hybridized carbons (Fsp3) is 0.533. The van der Waals surface area contributed by atoms with Crippen molar-refractivity contribution in [3.05, 3.63) is 28.5 Å². The van der Waals surface area contributed by atoms with Gasteiger partial charge in [0.2, 0.25) is 0 Å². The Balaban J connectivity index is 2.58. The zero-order valence-corrected chi connectivity index (χ0v) is 12.3. The second-order valence-corrected chi connectivity index (χ2v) is 5.43. The highest BCUT2D eigenvalue weighted by atomic mass is 15.3. The third-order valence-electron chi connectivity index (χ3n) is 4.05. The summed E-state index contributed by atoms with van der Waals surface area (Å²) in [7, 11) is 4.19. The minimum absolute atomic E-state index is 0.944. The Morgan fingerprint density at radius 1 is 1.00 bits per heavy atom. The lowest BCUT2D eigenvalue weighted by atomic mass is 9.96. The monoisotopic (exact) mass is 245 g/mol. The summed E-state index contributed by atoms with van der Waals surface area (Å²) in [6.07, 6.45) is 2.01. The molecule has 0 N–H and O–H groups in total. The van der Waals surface area contributed by atoms with Crippen LogP contribution < -0.4 is 0 Å². The molecule has 0 radical (unpaired) electrons. The van der Waals surface area contributed by atoms with Crippen LogP contribution in [0, 0.1) is 27.7 Å². The number of hydrogen-bond donors (Lipinski definition) is 0. The summed E-state index contributed by atoms with van der Waals surface area (Å²) in [5, 5.41) is 5.86. The molecule has 2 aromatic rings. The normalized spacial score (nSPS) is 11.7. The first-order valence-electron chi connectivity index (χ1n) is 6.50. The first-order valence-corrected chi connectivity index (χ1v) is 6.50. The number of hydrogen-bond acceptors (Lipinski definition) is 2. The quantitative estimate of drug-likeness (QED) is 0.829. The van der Waals surface area contributed by atoms with E-state index in [0.29, 0.717) is 0 Å². The molecule has 3 nitrogen and oxygen atoms in total. The predicted molar refractivity (Wildman–Crippen MR) is 77.2 cm³/mol. The molecule has 0 spiro atoms. The van der Waals surface area contributed by atoms with Crippen LogP contribution in [-0.2, 0) is 6.54 Å². The molecule has 0 unspecified atom stereocenters. The zero-order valence-electron chi connectivity index (χ0n) is 12.3. The van der Waals surface area contributed by atoms with Gasteiger partial charge in [0.05, 0.1) is 18.3 Å². The molecule has 18 heavy (non-hydrogen) atoms. The lowest BCUT2D eigenvalue weighted by Gasteiger charge is -2.14. The van der Waals surface area contributed by atoms with Gasteiger partial charge in [0.25, 0.3) is 0 Å². The fourth-order valence-electron chi connectivity index (χ4n) is 2.46. The molecule has 98 valence electrons. The molecule has 0 atom stereocenters. The smallest absolute Gasteiger partial charge is 0.0717 e. The number of aryl methyl sites for hydroxylation is 2. The third-order valence-corrected chi connectivity index (χ3v) is 4.05. The van der Waals surface area contributed by atoms with Crippen molar-refractivity contribution in [2.45, 2.75) is 34.2 Å². The fourth-order valence-corrected chi connectivity index (χ4v) is 2.46. The highest BCUT2D eigenvalue weighted by molar-refractivity contribution is 5.87. The molecule has 0 aliphatic heterocycles. The maximum atomic E-state index is 4.56. The number of aromatic nitrogens is 2. The van der Waals surface area contributed by atoms with Crippen LogP contribution in [0.5, 0.6) is 0 Å². The molecular formula is C15H23N3. The molecule has 0 aliphatic rings. The molecule has 0 bridgehead atoms. The topological polar surface area (TPSA) is 21.1 Å². The number of fused-ring (bicyclic) bond motifs is 1. The maximum Gasteiger partial charge on any atom is 0.0717 e. The maximum absolute atomic E-state index is 4.56. The Kier molecular flexibility index (Phi) is 3.44. The molecular weight excluding hydrogens is 222 g/mol. The van der Waals surface area contributed by atoms with E-state index in [1.54, 1.807) is 0 Å². The number of likely N-dealkylation sites (N-methyl/N-ethyl adjacent to an activating group) is 1. The first kappa shape index (κ1) is 13.1. The highest BCUT2D eigenvalue weighted by Crippen LogP contribution is 2.28. The first-order chi connectivity index (χ1) is 8.43. The summed E-state index contributed by atoms with van der Waals surface area (Å²) in [5.41, 5.74) is 6.82. The van der Waals surface area contributed by atoms with E-state index in [1.165, 1.54) is 33.2 Å². The summed E-state index contributed by atoms with van der Waals surface area (Å²) >= 11 is 0. The summed E-state index contributed by atoms with van der Waals surface area (Å²) in [6, 6.07) is 0. The van der Waals surface area contributed by atoms with E-state index in [2.05, 4.69) is 56.5 Å². The van der Waals surface area contributed by atoms with Crippen LogP contribution in [0.15, 0.2) is 6.20 Å². The highest BCUT2D eigenvalue weighted by Gasteiger charge is 2.13. The lowest BCUT2D eigenvalue weighted by molar-refractivity contribution is 0.376. The van der Waals surface area contributed by atoms with E-state index >= 15 is 0 Å². The molecule has 1 heterocycles. The Hall–Kier alpha value is -1.35. The van der Waals surface area contributed by atoms with Gasteiger partial charge in [-0.1, -0.05) is 0 Å². The van der Waals surface area contributed by atoms with Crippen molar-refractivity contribution in [2.75, 3.05) is 20.6 Å². The van der Waals surface area contributed by atoms with Crippen LogP contribution in [0.2, 0.25) is 0 Å². The molecule has 2 rings (SSSR count). The number of rotatable bonds is 3. The molecule has 0 saturated carbocycles. The molecule has 1 aromatic carbocycles. The van der Waals surface area contributed by atoms with Gasteiger partial charge in [0.15, 0.2) is 0 Å². The molecule has 1 aromatic heterocycles. The summed E-state index contributed by atoms with van der Waals surface area (Å²) < 4.78 is 2.14. The number of benzene rings is 1. The average molecular weight is 245 g/mol. The largest absolute Gasteiger partial charge is 0.308 e. The van der Waals surface area contributed by atoms with Gasteiger partial charge in [-0.3, -0.25) is 4.68 Å². The van der Waals surface area contributed by atoms with E-state index in [4.69, 9.17) is 0 Å². The van der Waals surface area contributed by atoms with Crippen LogP contribution >= 0.6 is 0 Å². The Labute approximate surface area is 109 Å². The van der Waals surface area contributed by atoms with Gasteiger partial charge in [-0.25, -0.2) is 0 Å². The molecule has 3 heteroatoms. The zero-order chi connectivity index (χ0) is 13.4. The van der Waals surface area contributed by atoms with E-state index in [-0.39, 0.29) is 0 Å². The summed E-state index contributed by atoms with van der Waals surface area (Å²) in [4.78, 5) is 2.19. The third kappa shape index (κ3) is 2.03. The molecule has 0 fully saturated rings.